The van der Waals surface area contributed by atoms with Gasteiger partial charge in [0.25, 0.3) is 0 Å². The third kappa shape index (κ3) is 2.04. The number of fused-ring (bicyclic) bond motifs is 1. The molecule has 1 saturated heterocycles. The number of rotatable bonds is 3. The van der Waals surface area contributed by atoms with E-state index >= 15 is 0 Å². The standard InChI is InChI=1S/C15H22N2O3/c1-4-17-9-10(8-16-17)14(18)20-13-11-6-5-7-19-12(11)15(13,2)3/h8-9,11-13H,4-7H2,1-3H3. The lowest BCUT2D eigenvalue weighted by molar-refractivity contribution is -0.243. The van der Waals surface area contributed by atoms with Gasteiger partial charge in [-0.2, -0.15) is 5.10 Å². The summed E-state index contributed by atoms with van der Waals surface area (Å²) in [5.74, 6) is 0.0794. The summed E-state index contributed by atoms with van der Waals surface area (Å²) in [6, 6.07) is 0. The van der Waals surface area contributed by atoms with Gasteiger partial charge in [-0.05, 0) is 19.8 Å². The minimum absolute atomic E-state index is 0.0507. The highest BCUT2D eigenvalue weighted by Gasteiger charge is 2.60. The van der Waals surface area contributed by atoms with Gasteiger partial charge in [-0.25, -0.2) is 4.79 Å². The van der Waals surface area contributed by atoms with Gasteiger partial charge in [0, 0.05) is 30.7 Å². The first-order valence-corrected chi connectivity index (χ1v) is 7.39. The van der Waals surface area contributed by atoms with Crippen LogP contribution in [0.1, 0.15) is 44.0 Å². The maximum absolute atomic E-state index is 12.2. The predicted molar refractivity (Wildman–Crippen MR) is 73.3 cm³/mol. The zero-order chi connectivity index (χ0) is 14.3. The molecule has 0 spiro atoms. The summed E-state index contributed by atoms with van der Waals surface area (Å²) >= 11 is 0. The Labute approximate surface area is 119 Å². The van der Waals surface area contributed by atoms with Crippen molar-refractivity contribution in [2.45, 2.75) is 52.4 Å². The molecule has 5 heteroatoms. The molecule has 2 heterocycles. The number of aryl methyl sites for hydroxylation is 1. The van der Waals surface area contributed by atoms with Crippen molar-refractivity contribution >= 4 is 5.97 Å². The van der Waals surface area contributed by atoms with Crippen molar-refractivity contribution in [1.82, 2.24) is 9.78 Å². The molecule has 3 atom stereocenters. The number of carbonyl (C=O) groups is 1. The monoisotopic (exact) mass is 278 g/mol. The summed E-state index contributed by atoms with van der Waals surface area (Å²) in [6.45, 7) is 7.80. The van der Waals surface area contributed by atoms with Gasteiger partial charge in [0.05, 0.1) is 17.9 Å². The molecular weight excluding hydrogens is 256 g/mol. The van der Waals surface area contributed by atoms with Crippen LogP contribution in [0.25, 0.3) is 0 Å². The molecule has 1 saturated carbocycles. The number of carbonyl (C=O) groups excluding carboxylic acids is 1. The van der Waals surface area contributed by atoms with Crippen LogP contribution >= 0.6 is 0 Å². The van der Waals surface area contributed by atoms with Crippen LogP contribution in [0.15, 0.2) is 12.4 Å². The van der Waals surface area contributed by atoms with E-state index in [1.165, 1.54) is 0 Å². The quantitative estimate of drug-likeness (QED) is 0.796. The molecule has 0 N–H and O–H groups in total. The fourth-order valence-electron chi connectivity index (χ4n) is 3.54. The summed E-state index contributed by atoms with van der Waals surface area (Å²) < 4.78 is 13.3. The zero-order valence-corrected chi connectivity index (χ0v) is 12.3. The molecule has 1 aromatic rings. The third-order valence-electron chi connectivity index (χ3n) is 4.65. The van der Waals surface area contributed by atoms with Crippen LogP contribution in [0, 0.1) is 11.3 Å². The van der Waals surface area contributed by atoms with E-state index in [0.29, 0.717) is 11.5 Å². The Morgan fingerprint density at radius 1 is 1.60 bits per heavy atom. The lowest BCUT2D eigenvalue weighted by Gasteiger charge is -2.58. The molecule has 3 unspecified atom stereocenters. The van der Waals surface area contributed by atoms with Crippen LogP contribution in [0.4, 0.5) is 0 Å². The fraction of sp³-hybridized carbons (Fsp3) is 0.733. The lowest BCUT2D eigenvalue weighted by Crippen LogP contribution is -2.65. The molecule has 0 bridgehead atoms. The second-order valence-electron chi connectivity index (χ2n) is 6.33. The largest absolute Gasteiger partial charge is 0.458 e. The normalized spacial score (nSPS) is 31.2. The van der Waals surface area contributed by atoms with Crippen LogP contribution in [0.2, 0.25) is 0 Å². The van der Waals surface area contributed by atoms with Crippen LogP contribution < -0.4 is 0 Å². The smallest absolute Gasteiger partial charge is 0.341 e. The maximum Gasteiger partial charge on any atom is 0.341 e. The number of ether oxygens (including phenoxy) is 2. The average molecular weight is 278 g/mol. The zero-order valence-electron chi connectivity index (χ0n) is 12.3. The summed E-state index contributed by atoms with van der Waals surface area (Å²) in [7, 11) is 0. The third-order valence-corrected chi connectivity index (χ3v) is 4.65. The van der Waals surface area contributed by atoms with Crippen LogP contribution in [0.3, 0.4) is 0 Å². The molecule has 0 radical (unpaired) electrons. The molecule has 0 amide bonds. The van der Waals surface area contributed by atoms with Crippen molar-refractivity contribution in [3.63, 3.8) is 0 Å². The summed E-state index contributed by atoms with van der Waals surface area (Å²) in [6.07, 6.45) is 5.63. The first-order chi connectivity index (χ1) is 9.54. The highest BCUT2D eigenvalue weighted by Crippen LogP contribution is 2.53. The molecule has 110 valence electrons. The molecule has 1 aromatic heterocycles. The molecule has 2 aliphatic rings. The predicted octanol–water partition coefficient (Wildman–Crippen LogP) is 2.26. The summed E-state index contributed by atoms with van der Waals surface area (Å²) in [4.78, 5) is 12.2. The minimum atomic E-state index is -0.271. The molecule has 5 nitrogen and oxygen atoms in total. The average Bonchev–Trinajstić information content (AvgIpc) is 2.93. The van der Waals surface area contributed by atoms with Crippen molar-refractivity contribution in [2.75, 3.05) is 6.61 Å². The van der Waals surface area contributed by atoms with Gasteiger partial charge in [-0.15, -0.1) is 0 Å². The number of esters is 1. The Bertz CT molecular complexity index is 509. The van der Waals surface area contributed by atoms with Gasteiger partial charge in [0.2, 0.25) is 0 Å². The Morgan fingerprint density at radius 2 is 2.40 bits per heavy atom. The van der Waals surface area contributed by atoms with E-state index in [-0.39, 0.29) is 23.6 Å². The number of hydrogen-bond acceptors (Lipinski definition) is 4. The number of aromatic nitrogens is 2. The Hall–Kier alpha value is -1.36. The molecule has 20 heavy (non-hydrogen) atoms. The Balaban J connectivity index is 1.69. The van der Waals surface area contributed by atoms with Crippen LogP contribution in [-0.4, -0.2) is 34.6 Å². The van der Waals surface area contributed by atoms with E-state index in [0.717, 1.165) is 26.0 Å². The van der Waals surface area contributed by atoms with Crippen molar-refractivity contribution in [2.24, 2.45) is 11.3 Å². The van der Waals surface area contributed by atoms with Crippen molar-refractivity contribution in [3.8, 4) is 0 Å². The highest BCUT2D eigenvalue weighted by molar-refractivity contribution is 5.89. The molecule has 0 aromatic carbocycles. The van der Waals surface area contributed by atoms with Crippen molar-refractivity contribution < 1.29 is 14.3 Å². The number of hydrogen-bond donors (Lipinski definition) is 0. The summed E-state index contributed by atoms with van der Waals surface area (Å²) in [5, 5.41) is 4.12. The van der Waals surface area contributed by atoms with Gasteiger partial charge in [0.1, 0.15) is 6.10 Å². The fourth-order valence-corrected chi connectivity index (χ4v) is 3.54. The van der Waals surface area contributed by atoms with E-state index in [9.17, 15) is 4.79 Å². The van der Waals surface area contributed by atoms with E-state index in [4.69, 9.17) is 9.47 Å². The second-order valence-corrected chi connectivity index (χ2v) is 6.33. The molecule has 1 aliphatic heterocycles. The van der Waals surface area contributed by atoms with E-state index in [2.05, 4.69) is 18.9 Å². The first-order valence-electron chi connectivity index (χ1n) is 7.39. The van der Waals surface area contributed by atoms with Gasteiger partial charge in [0.15, 0.2) is 0 Å². The van der Waals surface area contributed by atoms with E-state index in [1.807, 2.05) is 6.92 Å². The molecule has 2 fully saturated rings. The van der Waals surface area contributed by atoms with Gasteiger partial charge in [-0.3, -0.25) is 4.68 Å². The lowest BCUT2D eigenvalue weighted by atomic mass is 9.57. The Kier molecular flexibility index (Phi) is 3.32. The van der Waals surface area contributed by atoms with Crippen LogP contribution in [0.5, 0.6) is 0 Å². The highest BCUT2D eigenvalue weighted by atomic mass is 16.6. The molecule has 3 rings (SSSR count). The molecule has 1 aliphatic carbocycles. The SMILES string of the molecule is CCn1cc(C(=O)OC2C3CCCOC3C2(C)C)cn1. The van der Waals surface area contributed by atoms with Crippen molar-refractivity contribution in [3.05, 3.63) is 18.0 Å². The van der Waals surface area contributed by atoms with Gasteiger partial charge >= 0.3 is 5.97 Å². The summed E-state index contributed by atoms with van der Waals surface area (Å²) in [5.41, 5.74) is 0.435. The van der Waals surface area contributed by atoms with E-state index in [1.54, 1.807) is 17.1 Å². The maximum atomic E-state index is 12.2. The molecular formula is C15H22N2O3. The van der Waals surface area contributed by atoms with Gasteiger partial charge < -0.3 is 9.47 Å². The first kappa shape index (κ1) is 13.6. The van der Waals surface area contributed by atoms with Gasteiger partial charge in [-0.1, -0.05) is 13.8 Å². The van der Waals surface area contributed by atoms with Crippen molar-refractivity contribution in [1.29, 1.82) is 0 Å². The van der Waals surface area contributed by atoms with E-state index < -0.39 is 0 Å². The minimum Gasteiger partial charge on any atom is -0.458 e. The second kappa shape index (κ2) is 4.88. The van der Waals surface area contributed by atoms with Crippen LogP contribution in [-0.2, 0) is 16.0 Å². The Morgan fingerprint density at radius 3 is 3.10 bits per heavy atom. The topological polar surface area (TPSA) is 53.4 Å². The number of nitrogens with zero attached hydrogens (tertiary/aromatic N) is 2.